The van der Waals surface area contributed by atoms with Crippen molar-refractivity contribution in [3.05, 3.63) is 44.1 Å². The van der Waals surface area contributed by atoms with E-state index >= 15 is 0 Å². The SMILES string of the molecule is Cc1cc2nc3c(=O)[nH]c(=O)nc-3n(C[C@H](O)[C@H](O)[C@H](O)CO)c2cc1C.O=P(O)(O)OP(=O)(O)OP(=O)(O)OP(=O)(O)OP(=O)(O)O. The minimum atomic E-state index is -6.07. The van der Waals surface area contributed by atoms with E-state index in [2.05, 4.69) is 32.2 Å². The molecule has 0 spiro atoms. The summed E-state index contributed by atoms with van der Waals surface area (Å²) in [4.78, 5) is 92.7. The van der Waals surface area contributed by atoms with Crippen molar-refractivity contribution < 1.29 is 94.7 Å². The van der Waals surface area contributed by atoms with Gasteiger partial charge in [-0.05, 0) is 37.1 Å². The highest BCUT2D eigenvalue weighted by Gasteiger charge is 2.46. The Morgan fingerprint density at radius 2 is 1.21 bits per heavy atom. The van der Waals surface area contributed by atoms with Gasteiger partial charge in [-0.2, -0.15) is 22.2 Å². The van der Waals surface area contributed by atoms with Crippen LogP contribution in [0, 0.1) is 13.8 Å². The Morgan fingerprint density at radius 3 is 1.67 bits per heavy atom. The summed E-state index contributed by atoms with van der Waals surface area (Å²) in [6.45, 7) is 2.73. The van der Waals surface area contributed by atoms with Crippen molar-refractivity contribution in [3.8, 4) is 11.5 Å². The van der Waals surface area contributed by atoms with E-state index in [0.29, 0.717) is 11.0 Å². The van der Waals surface area contributed by atoms with E-state index in [1.165, 1.54) is 4.57 Å². The third-order valence-electron chi connectivity index (χ3n) is 5.40. The minimum Gasteiger partial charge on any atom is -0.394 e. The molecule has 5 atom stereocenters. The van der Waals surface area contributed by atoms with Gasteiger partial charge in [0.2, 0.25) is 0 Å². The van der Waals surface area contributed by atoms with Crippen LogP contribution in [0.25, 0.3) is 22.6 Å². The van der Waals surface area contributed by atoms with Gasteiger partial charge in [0.1, 0.15) is 18.3 Å². The van der Waals surface area contributed by atoms with Crippen LogP contribution < -0.4 is 11.2 Å². The number of hydrogen-bond donors (Lipinski definition) is 12. The van der Waals surface area contributed by atoms with E-state index in [0.717, 1.165) is 11.1 Å². The number of fused-ring (bicyclic) bond motifs is 2. The Hall–Kier alpha value is -1.95. The molecule has 48 heavy (non-hydrogen) atoms. The lowest BCUT2D eigenvalue weighted by Crippen LogP contribution is -2.42. The summed E-state index contributed by atoms with van der Waals surface area (Å²) >= 11 is 0. The molecule has 0 bridgehead atoms. The second-order valence-electron chi connectivity index (χ2n) is 9.21. The van der Waals surface area contributed by atoms with E-state index in [-0.39, 0.29) is 18.1 Å². The fourth-order valence-corrected chi connectivity index (χ4v) is 8.87. The molecule has 0 fully saturated rings. The molecule has 2 aliphatic rings. The van der Waals surface area contributed by atoms with Crippen LogP contribution >= 0.6 is 39.1 Å². The number of benzene rings is 1. The van der Waals surface area contributed by atoms with Crippen LogP contribution in [0.5, 0.6) is 0 Å². The molecule has 0 radical (unpaired) electrons. The van der Waals surface area contributed by atoms with Gasteiger partial charge in [0.15, 0.2) is 11.5 Å². The second kappa shape index (κ2) is 15.5. The lowest BCUT2D eigenvalue weighted by Gasteiger charge is -2.25. The fraction of sp³-hybridized carbons (Fsp3) is 0.412. The average molecular weight is 794 g/mol. The molecule has 1 aromatic rings. The summed E-state index contributed by atoms with van der Waals surface area (Å²) < 4.78 is 67.0. The summed E-state index contributed by atoms with van der Waals surface area (Å²) in [5, 5.41) is 38.8. The van der Waals surface area contributed by atoms with Crippen molar-refractivity contribution in [1.82, 2.24) is 19.5 Å². The van der Waals surface area contributed by atoms with Gasteiger partial charge in [0.25, 0.3) is 5.56 Å². The lowest BCUT2D eigenvalue weighted by molar-refractivity contribution is -0.0802. The minimum absolute atomic E-state index is 0.0516. The Kier molecular flexibility index (Phi) is 13.7. The third-order valence-corrected chi connectivity index (χ3v) is 12.1. The third kappa shape index (κ3) is 12.7. The van der Waals surface area contributed by atoms with Crippen LogP contribution in [-0.2, 0) is 46.6 Å². The summed E-state index contributed by atoms with van der Waals surface area (Å²) in [6, 6.07) is 3.53. The Balaban J connectivity index is 0.000000347. The van der Waals surface area contributed by atoms with Gasteiger partial charge < -0.3 is 59.2 Å². The summed E-state index contributed by atoms with van der Waals surface area (Å²) in [6.07, 6.45) is -4.68. The standard InChI is InChI=1S/C17H20N4O6.H7O16P5/c1-7-3-9-10(4-8(7)2)21(5-11(23)14(25)12(24)6-22)15-13(18-9)16(26)20-17(27)19-15;1-17(2,3)13-19(7,8)15-21(11,12)16-20(9,10)14-18(4,5)6/h3-4,11-12,14,22-25H,5-6H2,1-2H3,(H,20,26,27);(H,7,8)(H,9,10)(H,11,12)(H2,1,2,3)(H2,4,5,6)/t11-,12+,14-;/m0./s1. The Morgan fingerprint density at radius 1 is 0.750 bits per heavy atom. The fourth-order valence-electron chi connectivity index (χ4n) is 3.47. The highest BCUT2D eigenvalue weighted by atomic mass is 31.3. The zero-order valence-corrected chi connectivity index (χ0v) is 28.3. The molecular formula is C17H27N4O22P5. The van der Waals surface area contributed by atoms with Crippen LogP contribution in [0.15, 0.2) is 21.7 Å². The van der Waals surface area contributed by atoms with Gasteiger partial charge in [-0.25, -0.2) is 32.6 Å². The van der Waals surface area contributed by atoms with Crippen LogP contribution in [-0.4, -0.2) is 99.1 Å². The maximum atomic E-state index is 12.2. The monoisotopic (exact) mass is 794 g/mol. The number of rotatable bonds is 13. The highest BCUT2D eigenvalue weighted by molar-refractivity contribution is 7.71. The molecule has 0 saturated heterocycles. The first-order valence-electron chi connectivity index (χ1n) is 12.1. The predicted molar refractivity (Wildman–Crippen MR) is 154 cm³/mol. The number of phosphoric acid groups is 5. The molecule has 26 nitrogen and oxygen atoms in total. The molecular weight excluding hydrogens is 767 g/mol. The first-order valence-corrected chi connectivity index (χ1v) is 19.6. The smallest absolute Gasteiger partial charge is 0.394 e. The number of aromatic nitrogens is 4. The largest absolute Gasteiger partial charge is 0.490 e. The molecule has 3 rings (SSSR count). The van der Waals surface area contributed by atoms with E-state index in [4.69, 9.17) is 39.4 Å². The number of nitrogens with zero attached hydrogens (tertiary/aromatic N) is 3. The van der Waals surface area contributed by atoms with E-state index < -0.39 is 75.3 Å². The molecule has 2 aliphatic heterocycles. The van der Waals surface area contributed by atoms with Gasteiger partial charge in [0.05, 0.1) is 24.2 Å². The van der Waals surface area contributed by atoms with Crippen molar-refractivity contribution in [1.29, 1.82) is 0 Å². The zero-order chi connectivity index (χ0) is 37.2. The van der Waals surface area contributed by atoms with Gasteiger partial charge in [-0.1, -0.05) is 0 Å². The van der Waals surface area contributed by atoms with Crippen molar-refractivity contribution in [2.75, 3.05) is 6.61 Å². The number of aryl methyl sites for hydroxylation is 2. The van der Waals surface area contributed by atoms with Gasteiger partial charge in [-0.15, -0.1) is 0 Å². The first kappa shape index (κ1) is 42.2. The molecule has 1 aromatic carbocycles. The van der Waals surface area contributed by atoms with Gasteiger partial charge in [0, 0.05) is 0 Å². The van der Waals surface area contributed by atoms with E-state index in [1.54, 1.807) is 12.1 Å². The van der Waals surface area contributed by atoms with Gasteiger partial charge in [-0.3, -0.25) is 9.78 Å². The number of nitrogens with one attached hydrogen (secondary N) is 1. The summed E-state index contributed by atoms with van der Waals surface area (Å²) in [5.41, 5.74) is 1.11. The van der Waals surface area contributed by atoms with Crippen LogP contribution in [0.4, 0.5) is 0 Å². The topological polar surface area (TPSA) is 425 Å². The quantitative estimate of drug-likeness (QED) is 0.0646. The summed E-state index contributed by atoms with van der Waals surface area (Å²) in [7, 11) is -29.3. The summed E-state index contributed by atoms with van der Waals surface area (Å²) in [5.74, 6) is -0.0516. The Labute approximate surface area is 265 Å². The normalized spacial score (nSPS) is 18.2. The van der Waals surface area contributed by atoms with E-state index in [9.17, 15) is 47.7 Å². The van der Waals surface area contributed by atoms with Crippen molar-refractivity contribution >= 4 is 50.1 Å². The molecule has 2 heterocycles. The van der Waals surface area contributed by atoms with Crippen LogP contribution in [0.3, 0.4) is 0 Å². The number of aliphatic hydroxyl groups is 4. The van der Waals surface area contributed by atoms with Crippen molar-refractivity contribution in [2.24, 2.45) is 0 Å². The average Bonchev–Trinajstić information content (AvgIpc) is 2.85. The van der Waals surface area contributed by atoms with Crippen LogP contribution in [0.1, 0.15) is 11.1 Å². The Bertz CT molecular complexity index is 1920. The molecule has 0 aliphatic carbocycles. The lowest BCUT2D eigenvalue weighted by atomic mass is 10.1. The molecule has 0 amide bonds. The zero-order valence-electron chi connectivity index (χ0n) is 23.8. The predicted octanol–water partition coefficient (Wildman–Crippen LogP) is -2.18. The second-order valence-corrected chi connectivity index (χ2v) is 16.6. The molecule has 12 N–H and O–H groups in total. The molecule has 272 valence electrons. The number of aromatic amines is 1. The molecule has 31 heteroatoms. The molecule has 2 unspecified atom stereocenters. The molecule has 0 saturated carbocycles. The maximum Gasteiger partial charge on any atom is 0.490 e. The van der Waals surface area contributed by atoms with Crippen molar-refractivity contribution in [3.63, 3.8) is 0 Å². The molecule has 0 aromatic heterocycles. The van der Waals surface area contributed by atoms with Crippen LogP contribution in [0.2, 0.25) is 0 Å². The maximum absolute atomic E-state index is 12.2. The number of aliphatic hydroxyl groups excluding tert-OH is 4. The number of H-pyrrole nitrogens is 1. The highest BCUT2D eigenvalue weighted by Crippen LogP contribution is 2.72. The van der Waals surface area contributed by atoms with Gasteiger partial charge >= 0.3 is 44.8 Å². The first-order chi connectivity index (χ1) is 21.6. The van der Waals surface area contributed by atoms with E-state index in [1.807, 2.05) is 13.8 Å². The number of hydrogen-bond acceptors (Lipinski definition) is 17. The van der Waals surface area contributed by atoms with Crippen molar-refractivity contribution in [2.45, 2.75) is 38.7 Å².